The maximum atomic E-state index is 15.4. The van der Waals surface area contributed by atoms with Gasteiger partial charge in [0.15, 0.2) is 0 Å². The van der Waals surface area contributed by atoms with Crippen molar-refractivity contribution >= 4 is 82.5 Å². The molecule has 96 heavy (non-hydrogen) atoms. The first-order valence-electron chi connectivity index (χ1n) is 34.4. The fraction of sp³-hybridized carbons (Fsp3) is 0.735. The van der Waals surface area contributed by atoms with Crippen LogP contribution in [0.3, 0.4) is 0 Å². The van der Waals surface area contributed by atoms with Crippen LogP contribution in [0.2, 0.25) is 5.02 Å². The first-order valence-corrected chi connectivity index (χ1v) is 34.8. The minimum atomic E-state index is -4.76. The molecule has 0 aromatic heterocycles. The number of rotatable bonds is 10. The Labute approximate surface area is 568 Å². The van der Waals surface area contributed by atoms with Crippen LogP contribution in [0.25, 0.3) is 0 Å². The zero-order valence-electron chi connectivity index (χ0n) is 58.3. The molecule has 3 heterocycles. The molecule has 8 atom stereocenters. The molecular weight excluding hydrogens is 1270 g/mol. The molecule has 12 amide bonds. The summed E-state index contributed by atoms with van der Waals surface area (Å²) in [5.74, 6) is -8.98. The molecule has 24 nitrogen and oxygen atoms in total. The predicted octanol–water partition coefficient (Wildman–Crippen LogP) is 4.86. The number of benzene rings is 1. The van der Waals surface area contributed by atoms with Gasteiger partial charge in [-0.3, -0.25) is 57.5 Å². The molecule has 1 aromatic carbocycles. The van der Waals surface area contributed by atoms with Crippen molar-refractivity contribution in [2.45, 2.75) is 218 Å². The molecule has 0 bridgehead atoms. The summed E-state index contributed by atoms with van der Waals surface area (Å²) >= 11 is 6.13. The normalized spacial score (nSPS) is 26.4. The van der Waals surface area contributed by atoms with Crippen molar-refractivity contribution in [3.8, 4) is 0 Å². The topological polar surface area (TPSA) is 270 Å². The maximum absolute atomic E-state index is 15.4. The van der Waals surface area contributed by atoms with E-state index in [1.807, 2.05) is 6.92 Å². The van der Waals surface area contributed by atoms with E-state index in [0.29, 0.717) is 57.2 Å². The van der Waals surface area contributed by atoms with E-state index in [-0.39, 0.29) is 57.5 Å². The summed E-state index contributed by atoms with van der Waals surface area (Å²) in [4.78, 5) is 188. The van der Waals surface area contributed by atoms with Gasteiger partial charge >= 0.3 is 6.18 Å². The molecule has 6 rings (SSSR count). The van der Waals surface area contributed by atoms with Crippen LogP contribution in [0, 0.1) is 17.8 Å². The van der Waals surface area contributed by atoms with Gasteiger partial charge in [0.2, 0.25) is 70.9 Å². The lowest BCUT2D eigenvalue weighted by Crippen LogP contribution is -2.65. The van der Waals surface area contributed by atoms with Crippen molar-refractivity contribution in [3.63, 3.8) is 0 Å². The lowest BCUT2D eigenvalue weighted by atomic mass is 9.84. The van der Waals surface area contributed by atoms with Crippen molar-refractivity contribution < 1.29 is 70.7 Å². The van der Waals surface area contributed by atoms with E-state index < -0.39 is 173 Å². The van der Waals surface area contributed by atoms with Crippen molar-refractivity contribution in [2.24, 2.45) is 17.8 Å². The molecule has 2 saturated carbocycles. The Morgan fingerprint density at radius 2 is 1.28 bits per heavy atom. The first-order chi connectivity index (χ1) is 45.2. The Morgan fingerprint density at radius 3 is 1.88 bits per heavy atom. The van der Waals surface area contributed by atoms with Gasteiger partial charge in [0.25, 0.3) is 0 Å². The van der Waals surface area contributed by atoms with E-state index in [0.717, 1.165) is 65.4 Å². The van der Waals surface area contributed by atoms with Crippen molar-refractivity contribution in [1.82, 2.24) is 60.0 Å². The van der Waals surface area contributed by atoms with Crippen molar-refractivity contribution in [3.05, 3.63) is 34.3 Å². The number of carbonyl (C=O) groups is 12. The summed E-state index contributed by atoms with van der Waals surface area (Å²) < 4.78 is 41.5. The van der Waals surface area contributed by atoms with Crippen LogP contribution in [0.4, 0.5) is 13.2 Å². The molecule has 0 radical (unpaired) electrons. The third-order valence-corrected chi connectivity index (χ3v) is 20.8. The highest BCUT2D eigenvalue weighted by Gasteiger charge is 2.51. The van der Waals surface area contributed by atoms with Crippen molar-refractivity contribution in [1.29, 1.82) is 0 Å². The third kappa shape index (κ3) is 19.2. The van der Waals surface area contributed by atoms with E-state index in [2.05, 4.69) is 16.0 Å². The number of nitrogens with one attached hydrogen (secondary N) is 3. The number of likely N-dealkylation sites (N-methyl/N-ethyl adjacent to an activating group) is 7. The highest BCUT2D eigenvalue weighted by Crippen LogP contribution is 2.37. The molecule has 3 N–H and O–H groups in total. The van der Waals surface area contributed by atoms with Crippen molar-refractivity contribution in [2.75, 3.05) is 88.1 Å². The predicted molar refractivity (Wildman–Crippen MR) is 353 cm³/mol. The van der Waals surface area contributed by atoms with E-state index in [1.54, 1.807) is 32.6 Å². The number of amides is 12. The summed E-state index contributed by atoms with van der Waals surface area (Å²) in [5.41, 5.74) is -2.36. The number of piperidine rings is 1. The highest BCUT2D eigenvalue weighted by atomic mass is 35.5. The van der Waals surface area contributed by atoms with Crippen LogP contribution in [0.5, 0.6) is 0 Å². The number of likely N-dealkylation sites (tertiary alicyclic amines) is 1. The Morgan fingerprint density at radius 1 is 0.667 bits per heavy atom. The number of aryl methyl sites for hydroxylation is 1. The van der Waals surface area contributed by atoms with Crippen LogP contribution in [-0.2, 0) is 70.1 Å². The second kappa shape index (κ2) is 34.4. The van der Waals surface area contributed by atoms with Gasteiger partial charge in [-0.15, -0.1) is 0 Å². The van der Waals surface area contributed by atoms with Gasteiger partial charge in [-0.05, 0) is 114 Å². The Kier molecular flexibility index (Phi) is 28.0. The third-order valence-electron chi connectivity index (χ3n) is 20.5. The fourth-order valence-electron chi connectivity index (χ4n) is 14.4. The second-order valence-electron chi connectivity index (χ2n) is 27.7. The first kappa shape index (κ1) is 77.9. The lowest BCUT2D eigenvalue weighted by Gasteiger charge is -2.42. The number of nitrogens with zero attached hydrogens (tertiary/aromatic N) is 9. The zero-order valence-corrected chi connectivity index (χ0v) is 59.1. The minimum absolute atomic E-state index is 0.0203. The fourth-order valence-corrected chi connectivity index (χ4v) is 14.7. The summed E-state index contributed by atoms with van der Waals surface area (Å²) in [7, 11) is 8.39. The SMILES string of the molecule is CC[C@H](C)[C@@H]1NC(=O)[C@H](C)N(CC)C(=O)C[C@@H](C(=O)N2CCCCC2)N(C)C(=O)[C@H](C(C)C)N(C)C(=O)C2(CCCC2)NC(=O)C2CCCN2C(=O)[C@H](CCc2ccc(C(F)(F)F)c(Cl)c2)NC(=O)CN(C)C(=O)[C@H](CC2CCCCC2)N(C)C(=O)CN(C)C(=O)CN(C)C1=O. The quantitative estimate of drug-likeness (QED) is 0.284. The Balaban J connectivity index is 1.40. The number of halogens is 4. The smallest absolute Gasteiger partial charge is 0.343 e. The monoisotopic (exact) mass is 1370 g/mol. The van der Waals surface area contributed by atoms with Crippen LogP contribution in [0.15, 0.2) is 18.2 Å². The molecular formula is C68H104ClF3N12O12. The molecule has 536 valence electrons. The van der Waals surface area contributed by atoms with Gasteiger partial charge < -0.3 is 60.0 Å². The average molecular weight is 1370 g/mol. The van der Waals surface area contributed by atoms with Gasteiger partial charge in [-0.25, -0.2) is 0 Å². The van der Waals surface area contributed by atoms with Crippen LogP contribution in [-0.4, -0.2) is 251 Å². The Hall–Kier alpha value is -7.06. The summed E-state index contributed by atoms with van der Waals surface area (Å²) in [6, 6.07) is -5.67. The molecule has 3 saturated heterocycles. The molecule has 1 spiro atoms. The highest BCUT2D eigenvalue weighted by molar-refractivity contribution is 6.31. The van der Waals surface area contributed by atoms with Crippen LogP contribution < -0.4 is 16.0 Å². The number of hydrogen-bond acceptors (Lipinski definition) is 12. The van der Waals surface area contributed by atoms with Gasteiger partial charge in [0.1, 0.15) is 47.8 Å². The van der Waals surface area contributed by atoms with E-state index in [1.165, 1.54) is 79.8 Å². The second-order valence-corrected chi connectivity index (χ2v) is 28.1. The van der Waals surface area contributed by atoms with E-state index in [4.69, 9.17) is 11.6 Å². The van der Waals surface area contributed by atoms with Gasteiger partial charge in [-0.2, -0.15) is 13.2 Å². The molecule has 5 fully saturated rings. The lowest BCUT2D eigenvalue weighted by molar-refractivity contribution is -0.156. The van der Waals surface area contributed by atoms with E-state index in [9.17, 15) is 56.3 Å². The average Bonchev–Trinajstić information content (AvgIpc) is 1.53. The maximum Gasteiger partial charge on any atom is 0.417 e. The standard InChI is InChI=1S/C68H104ClF3N12O12/c1-13-43(5)57-64(94)78(9)40-55(87)76(7)41-56(88)79(10)51(37-45-24-17-15-18-25-45)62(92)77(8)39-53(85)73-49(30-28-46-27-29-47(48(69)36-46)68(70,71)72)61(91)84-35-23-26-50(84)60(90)75-67(31-19-20-32-67)66(96)81(12)58(42(3)4)65(95)80(11)52(63(93)82-33-21-16-22-34-82)38-54(86)83(14-2)44(6)59(89)74-57/h27,29,36,42-45,49-52,57-58H,13-26,28,30-35,37-41H2,1-12H3,(H,73,85)(H,74,89)(H,75,90)/t43-,44-,49-,50?,51-,52-,57-,58-/m0/s1. The molecule has 1 aromatic rings. The molecule has 3 aliphatic heterocycles. The Bertz CT molecular complexity index is 2990. The van der Waals surface area contributed by atoms with Gasteiger partial charge in [-0.1, -0.05) is 96.7 Å². The molecule has 2 aliphatic carbocycles. The zero-order chi connectivity index (χ0) is 71.3. The van der Waals surface area contributed by atoms with Gasteiger partial charge in [0.05, 0.1) is 36.6 Å². The number of hydrogen-bond donors (Lipinski definition) is 3. The van der Waals surface area contributed by atoms with E-state index >= 15 is 14.4 Å². The minimum Gasteiger partial charge on any atom is -0.343 e. The van der Waals surface area contributed by atoms with Crippen LogP contribution >= 0.6 is 11.6 Å². The largest absolute Gasteiger partial charge is 0.417 e. The number of fused-ring (bicyclic) bond motifs is 1. The van der Waals surface area contributed by atoms with Crippen LogP contribution in [0.1, 0.15) is 168 Å². The molecule has 28 heteroatoms. The summed E-state index contributed by atoms with van der Waals surface area (Å²) in [6.07, 6.45) is 3.37. The summed E-state index contributed by atoms with van der Waals surface area (Å²) in [6.45, 7) is 9.21. The molecule has 1 unspecified atom stereocenters. The molecule has 5 aliphatic rings. The summed E-state index contributed by atoms with van der Waals surface area (Å²) in [5, 5.41) is 8.00. The number of carbonyl (C=O) groups excluding carboxylic acids is 12. The number of alkyl halides is 3. The van der Waals surface area contributed by atoms with Gasteiger partial charge in [0, 0.05) is 68.5 Å².